The normalized spacial score (nSPS) is 21.9. The number of fused-ring (bicyclic) bond motifs is 1. The number of alkyl halides is 3. The molecule has 2 heterocycles. The van der Waals surface area contributed by atoms with Gasteiger partial charge in [0.15, 0.2) is 0 Å². The molecule has 10 heteroatoms. The van der Waals surface area contributed by atoms with E-state index in [0.29, 0.717) is 0 Å². The first-order chi connectivity index (χ1) is 8.69. The van der Waals surface area contributed by atoms with Gasteiger partial charge in [0.05, 0.1) is 5.56 Å². The van der Waals surface area contributed by atoms with Gasteiger partial charge in [-0.3, -0.25) is 4.79 Å². The van der Waals surface area contributed by atoms with E-state index in [-0.39, 0.29) is 0 Å². The zero-order valence-corrected chi connectivity index (χ0v) is 9.71. The van der Waals surface area contributed by atoms with Crippen molar-refractivity contribution in [1.29, 1.82) is 0 Å². The van der Waals surface area contributed by atoms with Gasteiger partial charge < -0.3 is 0 Å². The molecule has 1 amide bonds. The lowest BCUT2D eigenvalue weighted by Crippen LogP contribution is -2.32. The van der Waals surface area contributed by atoms with Gasteiger partial charge in [-0.05, 0) is 6.07 Å². The molecule has 2 aliphatic rings. The molecular formula is C9H4F3N3O3S. The van der Waals surface area contributed by atoms with Crippen molar-refractivity contribution in [1.82, 2.24) is 4.72 Å². The van der Waals surface area contributed by atoms with Crippen LogP contribution in [0.5, 0.6) is 0 Å². The Kier molecular flexibility index (Phi) is 1.99. The Hall–Kier alpha value is -1.97. The minimum absolute atomic E-state index is 0.490. The fraction of sp³-hybridized carbons (Fsp3) is 0.222. The highest BCUT2D eigenvalue weighted by molar-refractivity contribution is 7.90. The number of amides is 1. The number of halogens is 3. The van der Waals surface area contributed by atoms with E-state index in [9.17, 15) is 26.4 Å². The van der Waals surface area contributed by atoms with Gasteiger partial charge in [-0.15, -0.1) is 10.2 Å². The van der Waals surface area contributed by atoms with Crippen LogP contribution in [0.4, 0.5) is 13.2 Å². The van der Waals surface area contributed by atoms with Crippen molar-refractivity contribution in [2.45, 2.75) is 16.7 Å². The number of hydrogen-bond donors (Lipinski definition) is 1. The number of carbonyl (C=O) groups is 1. The molecule has 0 saturated carbocycles. The van der Waals surface area contributed by atoms with Gasteiger partial charge in [-0.1, -0.05) is 12.1 Å². The number of nitrogens with zero attached hydrogens (tertiary/aromatic N) is 2. The van der Waals surface area contributed by atoms with Crippen LogP contribution in [0.25, 0.3) is 0 Å². The number of nitrogens with one attached hydrogen (secondary N) is 1. The smallest absolute Gasteiger partial charge is 0.268 e. The maximum absolute atomic E-state index is 12.9. The Labute approximate surface area is 104 Å². The van der Waals surface area contributed by atoms with Crippen LogP contribution in [-0.2, 0) is 15.7 Å². The maximum Gasteiger partial charge on any atom is 0.442 e. The lowest BCUT2D eigenvalue weighted by molar-refractivity contribution is -0.166. The van der Waals surface area contributed by atoms with E-state index in [4.69, 9.17) is 0 Å². The summed E-state index contributed by atoms with van der Waals surface area (Å²) in [5.41, 5.74) is -3.95. The van der Waals surface area contributed by atoms with Crippen molar-refractivity contribution < 1.29 is 26.4 Å². The zero-order valence-electron chi connectivity index (χ0n) is 8.89. The van der Waals surface area contributed by atoms with Crippen LogP contribution >= 0.6 is 0 Å². The van der Waals surface area contributed by atoms with E-state index in [1.54, 1.807) is 4.72 Å². The summed E-state index contributed by atoms with van der Waals surface area (Å²) in [6.45, 7) is 0. The van der Waals surface area contributed by atoms with Crippen LogP contribution in [0.15, 0.2) is 33.3 Å². The molecule has 0 spiro atoms. The molecular weight excluding hydrogens is 287 g/mol. The Morgan fingerprint density at radius 1 is 1.21 bits per heavy atom. The molecule has 19 heavy (non-hydrogen) atoms. The Balaban J connectivity index is 2.28. The average Bonchev–Trinajstić information content (AvgIpc) is 3.03. The van der Waals surface area contributed by atoms with Crippen LogP contribution in [0.2, 0.25) is 0 Å². The largest absolute Gasteiger partial charge is 0.442 e. The Morgan fingerprint density at radius 3 is 2.37 bits per heavy atom. The third kappa shape index (κ3) is 1.43. The van der Waals surface area contributed by atoms with Crippen LogP contribution in [-0.4, -0.2) is 20.5 Å². The summed E-state index contributed by atoms with van der Waals surface area (Å²) in [7, 11) is -4.11. The monoisotopic (exact) mass is 291 g/mol. The Bertz CT molecular complexity index is 733. The summed E-state index contributed by atoms with van der Waals surface area (Å²) < 4.78 is 63.4. The molecule has 100 valence electrons. The summed E-state index contributed by atoms with van der Waals surface area (Å²) in [5.74, 6) is -1.11. The molecule has 0 radical (unpaired) electrons. The molecule has 0 fully saturated rings. The lowest BCUT2D eigenvalue weighted by atomic mass is 9.96. The molecule has 0 aliphatic carbocycles. The highest BCUT2D eigenvalue weighted by atomic mass is 32.2. The van der Waals surface area contributed by atoms with Gasteiger partial charge in [0, 0.05) is 5.56 Å². The molecule has 6 nitrogen and oxygen atoms in total. The molecule has 0 atom stereocenters. The highest BCUT2D eigenvalue weighted by Crippen LogP contribution is 2.54. The number of hydrogen-bond acceptors (Lipinski definition) is 5. The van der Waals surface area contributed by atoms with Gasteiger partial charge >= 0.3 is 11.8 Å². The first-order valence-electron chi connectivity index (χ1n) is 4.90. The van der Waals surface area contributed by atoms with Crippen molar-refractivity contribution in [3.05, 3.63) is 29.3 Å². The quantitative estimate of drug-likeness (QED) is 0.845. The summed E-state index contributed by atoms with van der Waals surface area (Å²) in [6, 6.07) is 3.16. The molecule has 1 N–H and O–H groups in total. The minimum Gasteiger partial charge on any atom is -0.268 e. The second kappa shape index (κ2) is 3.13. The van der Waals surface area contributed by atoms with Crippen molar-refractivity contribution in [3.63, 3.8) is 0 Å². The van der Waals surface area contributed by atoms with Gasteiger partial charge in [-0.2, -0.15) is 13.2 Å². The highest BCUT2D eigenvalue weighted by Gasteiger charge is 2.67. The fourth-order valence-electron chi connectivity index (χ4n) is 1.93. The number of benzene rings is 1. The van der Waals surface area contributed by atoms with E-state index in [2.05, 4.69) is 10.2 Å². The minimum atomic E-state index is -4.82. The molecule has 3 rings (SSSR count). The predicted octanol–water partition coefficient (Wildman–Crippen LogP) is 1.30. The number of sulfonamides is 1. The lowest BCUT2D eigenvalue weighted by Gasteiger charge is -2.16. The van der Waals surface area contributed by atoms with Crippen LogP contribution in [0.3, 0.4) is 0 Å². The van der Waals surface area contributed by atoms with Gasteiger partial charge in [0.1, 0.15) is 4.90 Å². The molecule has 0 unspecified atom stereocenters. The van der Waals surface area contributed by atoms with Crippen molar-refractivity contribution in [3.8, 4) is 0 Å². The van der Waals surface area contributed by atoms with Crippen LogP contribution in [0, 0.1) is 0 Å². The fourth-order valence-corrected chi connectivity index (χ4v) is 3.12. The SMILES string of the molecule is O=C1NS(=O)(=O)c2cccc(C3(C(F)(F)F)N=N3)c21. The van der Waals surface area contributed by atoms with E-state index in [1.807, 2.05) is 0 Å². The van der Waals surface area contributed by atoms with E-state index >= 15 is 0 Å². The van der Waals surface area contributed by atoms with E-state index in [1.165, 1.54) is 0 Å². The zero-order chi connectivity index (χ0) is 14.1. The molecule has 0 bridgehead atoms. The maximum atomic E-state index is 12.9. The topological polar surface area (TPSA) is 88.0 Å². The van der Waals surface area contributed by atoms with Crippen LogP contribution in [0.1, 0.15) is 15.9 Å². The van der Waals surface area contributed by atoms with Crippen molar-refractivity contribution in [2.24, 2.45) is 10.2 Å². The van der Waals surface area contributed by atoms with Crippen molar-refractivity contribution >= 4 is 15.9 Å². The average molecular weight is 291 g/mol. The summed E-state index contributed by atoms with van der Waals surface area (Å²) in [5, 5.41) is 5.92. The first kappa shape index (κ1) is 12.1. The summed E-state index contributed by atoms with van der Waals surface area (Å²) in [4.78, 5) is 11.1. The second-order valence-electron chi connectivity index (χ2n) is 3.98. The molecule has 1 aromatic carbocycles. The Morgan fingerprint density at radius 2 is 1.84 bits per heavy atom. The standard InChI is InChI=1S/C9H4F3N3O3S/c10-9(11,12)8(14-15-8)4-2-1-3-5-6(4)7(16)13-19(5,17)18/h1-3H,(H,13,16). The summed E-state index contributed by atoms with van der Waals surface area (Å²) in [6.07, 6.45) is -4.82. The molecule has 1 aromatic rings. The van der Waals surface area contributed by atoms with Crippen molar-refractivity contribution in [2.75, 3.05) is 0 Å². The molecule has 0 saturated heterocycles. The molecule has 2 aliphatic heterocycles. The third-order valence-corrected chi connectivity index (χ3v) is 4.21. The molecule has 0 aromatic heterocycles. The predicted molar refractivity (Wildman–Crippen MR) is 53.7 cm³/mol. The number of rotatable bonds is 1. The second-order valence-corrected chi connectivity index (χ2v) is 5.63. The van der Waals surface area contributed by atoms with Gasteiger partial charge in [0.25, 0.3) is 15.9 Å². The van der Waals surface area contributed by atoms with Gasteiger partial charge in [-0.25, -0.2) is 13.1 Å². The summed E-state index contributed by atoms with van der Waals surface area (Å²) >= 11 is 0. The van der Waals surface area contributed by atoms with Gasteiger partial charge in [0.2, 0.25) is 0 Å². The van der Waals surface area contributed by atoms with Crippen LogP contribution < -0.4 is 4.72 Å². The van der Waals surface area contributed by atoms with E-state index in [0.717, 1.165) is 18.2 Å². The van der Waals surface area contributed by atoms with E-state index < -0.39 is 43.8 Å². The first-order valence-corrected chi connectivity index (χ1v) is 6.39. The number of carbonyl (C=O) groups excluding carboxylic acids is 1. The third-order valence-electron chi connectivity index (χ3n) is 2.84.